The third kappa shape index (κ3) is 7.59. The topological polar surface area (TPSA) is 54.0 Å². The molecule has 0 aliphatic heterocycles. The summed E-state index contributed by atoms with van der Waals surface area (Å²) in [4.78, 5) is 12.2. The molecule has 2 atom stereocenters. The molecule has 0 radical (unpaired) electrons. The lowest BCUT2D eigenvalue weighted by atomic mass is 9.93. The molecular weight excluding hydrogens is 488 g/mol. The van der Waals surface area contributed by atoms with Gasteiger partial charge in [-0.3, -0.25) is 0 Å². The fraction of sp³-hybridized carbons (Fsp3) is 0.382. The minimum atomic E-state index is -0.600. The van der Waals surface area contributed by atoms with E-state index in [0.717, 1.165) is 24.2 Å². The Kier molecular flexibility index (Phi) is 10.3. The average Bonchev–Trinajstić information content (AvgIpc) is 3.08. The third-order valence-corrected chi connectivity index (χ3v) is 6.84. The summed E-state index contributed by atoms with van der Waals surface area (Å²) >= 11 is 0. The molecule has 206 valence electrons. The number of carbonyl (C=O) groups is 1. The number of rotatable bonds is 13. The van der Waals surface area contributed by atoms with E-state index >= 15 is 0 Å². The average molecular weight is 529 g/mol. The van der Waals surface area contributed by atoms with Crippen LogP contribution in [0.3, 0.4) is 0 Å². The summed E-state index contributed by atoms with van der Waals surface area (Å²) in [5, 5.41) is 0. The summed E-state index contributed by atoms with van der Waals surface area (Å²) in [6.07, 6.45) is 6.30. The Bertz CT molecular complexity index is 1260. The number of fused-ring (bicyclic) bond motifs is 2. The third-order valence-electron chi connectivity index (χ3n) is 6.84. The van der Waals surface area contributed by atoms with Crippen LogP contribution in [0.4, 0.5) is 0 Å². The van der Waals surface area contributed by atoms with Crippen LogP contribution in [-0.2, 0) is 31.8 Å². The molecule has 0 saturated heterocycles. The lowest BCUT2D eigenvalue weighted by Crippen LogP contribution is -2.28. The zero-order valence-corrected chi connectivity index (χ0v) is 23.6. The van der Waals surface area contributed by atoms with Gasteiger partial charge in [0, 0.05) is 13.0 Å². The van der Waals surface area contributed by atoms with Crippen molar-refractivity contribution in [3.8, 4) is 5.75 Å². The maximum Gasteiger partial charge on any atom is 0.335 e. The van der Waals surface area contributed by atoms with Crippen molar-refractivity contribution in [1.29, 1.82) is 0 Å². The van der Waals surface area contributed by atoms with Gasteiger partial charge >= 0.3 is 5.97 Å². The van der Waals surface area contributed by atoms with Gasteiger partial charge in [0.15, 0.2) is 6.10 Å². The molecule has 5 nitrogen and oxygen atoms in total. The smallest absolute Gasteiger partial charge is 0.335 e. The predicted octanol–water partition coefficient (Wildman–Crippen LogP) is 7.13. The normalized spacial score (nSPS) is 14.7. The van der Waals surface area contributed by atoms with Crippen LogP contribution in [0.1, 0.15) is 72.2 Å². The number of hydrogen-bond donors (Lipinski definition) is 0. The van der Waals surface area contributed by atoms with Gasteiger partial charge < -0.3 is 18.9 Å². The summed E-state index contributed by atoms with van der Waals surface area (Å²) in [7, 11) is 0. The second kappa shape index (κ2) is 14.1. The minimum Gasteiger partial charge on any atom is -0.491 e. The van der Waals surface area contributed by atoms with Crippen LogP contribution in [0.2, 0.25) is 0 Å². The van der Waals surface area contributed by atoms with E-state index in [4.69, 9.17) is 18.9 Å². The van der Waals surface area contributed by atoms with E-state index in [1.54, 1.807) is 6.92 Å². The van der Waals surface area contributed by atoms with E-state index in [1.165, 1.54) is 33.4 Å². The molecule has 0 saturated carbocycles. The van der Waals surface area contributed by atoms with E-state index < -0.39 is 6.10 Å². The van der Waals surface area contributed by atoms with Gasteiger partial charge in [0.25, 0.3) is 0 Å². The van der Waals surface area contributed by atoms with E-state index in [2.05, 4.69) is 62.4 Å². The van der Waals surface area contributed by atoms with Crippen LogP contribution in [0.25, 0.3) is 12.2 Å². The molecule has 0 N–H and O–H groups in total. The van der Waals surface area contributed by atoms with Crippen molar-refractivity contribution in [3.05, 3.63) is 99.6 Å². The first-order valence-corrected chi connectivity index (χ1v) is 14.0. The molecule has 0 spiro atoms. The second-order valence-corrected chi connectivity index (χ2v) is 9.82. The molecule has 0 aromatic heterocycles. The number of ether oxygens (including phenoxy) is 4. The van der Waals surface area contributed by atoms with E-state index in [-0.39, 0.29) is 12.1 Å². The van der Waals surface area contributed by atoms with Gasteiger partial charge in [-0.2, -0.15) is 0 Å². The van der Waals surface area contributed by atoms with Gasteiger partial charge in [-0.25, -0.2) is 4.79 Å². The van der Waals surface area contributed by atoms with Crippen LogP contribution in [0, 0.1) is 6.92 Å². The standard InChI is InChI=1S/C34H40O5/c1-5-8-25-12-18-30-28(22-25)15-14-27-13-9-24(4)21-31(27)33(30)39-20-19-38-29-16-10-26(11-17-29)23-32(36-6-2)34(35)37-7-3/h9-18,21-22,32-33H,5-8,19-20,23H2,1-4H3. The van der Waals surface area contributed by atoms with Gasteiger partial charge in [0.1, 0.15) is 18.5 Å². The summed E-state index contributed by atoms with van der Waals surface area (Å²) in [6.45, 7) is 9.67. The molecule has 0 heterocycles. The Morgan fingerprint density at radius 2 is 1.59 bits per heavy atom. The Hall–Kier alpha value is -3.41. The van der Waals surface area contributed by atoms with E-state index in [9.17, 15) is 4.79 Å². The monoisotopic (exact) mass is 528 g/mol. The SMILES string of the molecule is CCCc1ccc2c(c1)C=Cc1ccc(C)cc1C2OCCOc1ccc(CC(OCC)C(=O)OCC)cc1. The first-order chi connectivity index (χ1) is 19.0. The summed E-state index contributed by atoms with van der Waals surface area (Å²) in [6, 6.07) is 21.0. The van der Waals surface area contributed by atoms with E-state index in [0.29, 0.717) is 32.8 Å². The minimum absolute atomic E-state index is 0.162. The highest BCUT2D eigenvalue weighted by molar-refractivity contribution is 5.77. The number of benzene rings is 3. The quantitative estimate of drug-likeness (QED) is 0.175. The largest absolute Gasteiger partial charge is 0.491 e. The molecule has 1 aliphatic rings. The van der Waals surface area contributed by atoms with Gasteiger partial charge in [-0.05, 0) is 72.7 Å². The molecule has 1 aliphatic carbocycles. The van der Waals surface area contributed by atoms with Crippen molar-refractivity contribution in [2.45, 2.75) is 59.2 Å². The Balaban J connectivity index is 1.40. The predicted molar refractivity (Wildman–Crippen MR) is 156 cm³/mol. The fourth-order valence-corrected chi connectivity index (χ4v) is 4.96. The van der Waals surface area contributed by atoms with Crippen LogP contribution >= 0.6 is 0 Å². The summed E-state index contributed by atoms with van der Waals surface area (Å²) in [5.74, 6) is 0.431. The Morgan fingerprint density at radius 1 is 0.821 bits per heavy atom. The van der Waals surface area contributed by atoms with Crippen LogP contribution in [0.15, 0.2) is 60.7 Å². The van der Waals surface area contributed by atoms with Crippen LogP contribution in [0.5, 0.6) is 5.75 Å². The lowest BCUT2D eigenvalue weighted by Gasteiger charge is -2.22. The highest BCUT2D eigenvalue weighted by Crippen LogP contribution is 2.36. The first-order valence-electron chi connectivity index (χ1n) is 14.0. The molecule has 4 rings (SSSR count). The fourth-order valence-electron chi connectivity index (χ4n) is 4.96. The maximum atomic E-state index is 12.2. The Labute approximate surface area is 232 Å². The van der Waals surface area contributed by atoms with Gasteiger partial charge in [-0.1, -0.05) is 79.6 Å². The highest BCUT2D eigenvalue weighted by Gasteiger charge is 2.23. The van der Waals surface area contributed by atoms with Crippen molar-refractivity contribution in [2.24, 2.45) is 0 Å². The van der Waals surface area contributed by atoms with Crippen molar-refractivity contribution < 1.29 is 23.7 Å². The van der Waals surface area contributed by atoms with Gasteiger partial charge in [0.05, 0.1) is 13.2 Å². The first kappa shape index (κ1) is 28.6. The molecule has 3 aromatic rings. The summed E-state index contributed by atoms with van der Waals surface area (Å²) < 4.78 is 23.2. The number of carbonyl (C=O) groups excluding carboxylic acids is 1. The summed E-state index contributed by atoms with van der Waals surface area (Å²) in [5.41, 5.74) is 8.32. The van der Waals surface area contributed by atoms with Crippen molar-refractivity contribution in [1.82, 2.24) is 0 Å². The van der Waals surface area contributed by atoms with Gasteiger partial charge in [-0.15, -0.1) is 0 Å². The molecule has 0 bridgehead atoms. The maximum absolute atomic E-state index is 12.2. The zero-order valence-electron chi connectivity index (χ0n) is 23.6. The van der Waals surface area contributed by atoms with E-state index in [1.807, 2.05) is 31.2 Å². The molecule has 0 fully saturated rings. The van der Waals surface area contributed by atoms with Crippen LogP contribution < -0.4 is 4.74 Å². The van der Waals surface area contributed by atoms with Crippen molar-refractivity contribution >= 4 is 18.1 Å². The molecular formula is C34H40O5. The van der Waals surface area contributed by atoms with Crippen molar-refractivity contribution in [3.63, 3.8) is 0 Å². The number of aryl methyl sites for hydroxylation is 2. The number of hydrogen-bond acceptors (Lipinski definition) is 5. The zero-order chi connectivity index (χ0) is 27.6. The van der Waals surface area contributed by atoms with Crippen LogP contribution in [-0.4, -0.2) is 38.5 Å². The molecule has 39 heavy (non-hydrogen) atoms. The Morgan fingerprint density at radius 3 is 2.33 bits per heavy atom. The lowest BCUT2D eigenvalue weighted by molar-refractivity contribution is -0.156. The second-order valence-electron chi connectivity index (χ2n) is 9.82. The van der Waals surface area contributed by atoms with Crippen molar-refractivity contribution in [2.75, 3.05) is 26.4 Å². The molecule has 3 aromatic carbocycles. The van der Waals surface area contributed by atoms with Gasteiger partial charge in [0.2, 0.25) is 0 Å². The highest BCUT2D eigenvalue weighted by atomic mass is 16.6. The molecule has 0 amide bonds. The molecule has 2 unspecified atom stereocenters. The molecule has 5 heteroatoms. The number of esters is 1.